The van der Waals surface area contributed by atoms with Crippen LogP contribution in [0.4, 0.5) is 0 Å². The topological polar surface area (TPSA) is 77.8 Å². The number of aliphatic hydroxyl groups is 1. The summed E-state index contributed by atoms with van der Waals surface area (Å²) in [4.78, 5) is 24.7. The molecule has 21 heavy (non-hydrogen) atoms. The van der Waals surface area contributed by atoms with Crippen molar-refractivity contribution in [2.45, 2.75) is 31.3 Å². The first-order valence-corrected chi connectivity index (χ1v) is 7.68. The third kappa shape index (κ3) is 4.04. The Morgan fingerprint density at radius 3 is 2.52 bits per heavy atom. The Kier molecular flexibility index (Phi) is 5.00. The molecule has 0 unspecified atom stereocenters. The van der Waals surface area contributed by atoms with Gasteiger partial charge in [0.25, 0.3) is 0 Å². The Bertz CT molecular complexity index is 538. The van der Waals surface area contributed by atoms with Crippen LogP contribution < -0.4 is 0 Å². The van der Waals surface area contributed by atoms with E-state index in [1.807, 2.05) is 24.3 Å². The number of amides is 1. The molecule has 0 spiro atoms. The molecule has 0 bridgehead atoms. The molecule has 1 fully saturated rings. The monoisotopic (exact) mass is 355 g/mol. The number of aryl methyl sites for hydroxylation is 1. The maximum absolute atomic E-state index is 12.1. The van der Waals surface area contributed by atoms with E-state index >= 15 is 0 Å². The highest BCUT2D eigenvalue weighted by molar-refractivity contribution is 9.10. The van der Waals surface area contributed by atoms with E-state index in [4.69, 9.17) is 5.11 Å². The van der Waals surface area contributed by atoms with E-state index in [2.05, 4.69) is 15.9 Å². The van der Waals surface area contributed by atoms with Gasteiger partial charge < -0.3 is 15.1 Å². The van der Waals surface area contributed by atoms with E-state index in [9.17, 15) is 14.7 Å². The van der Waals surface area contributed by atoms with E-state index in [1.54, 1.807) is 4.90 Å². The maximum Gasteiger partial charge on any atom is 0.335 e. The fourth-order valence-electron chi connectivity index (χ4n) is 2.44. The van der Waals surface area contributed by atoms with Gasteiger partial charge in [0.05, 0.1) is 0 Å². The van der Waals surface area contributed by atoms with Crippen LogP contribution in [0.25, 0.3) is 0 Å². The lowest BCUT2D eigenvalue weighted by atomic mass is 9.91. The lowest BCUT2D eigenvalue weighted by molar-refractivity contribution is -0.165. The normalized spacial score (nSPS) is 17.5. The molecule has 6 heteroatoms. The van der Waals surface area contributed by atoms with Crippen LogP contribution in [-0.4, -0.2) is 45.7 Å². The molecule has 5 nitrogen and oxygen atoms in total. The number of carbonyl (C=O) groups is 2. The summed E-state index contributed by atoms with van der Waals surface area (Å²) in [7, 11) is 0. The summed E-state index contributed by atoms with van der Waals surface area (Å²) in [5, 5.41) is 18.8. The van der Waals surface area contributed by atoms with Gasteiger partial charge in [-0.3, -0.25) is 4.79 Å². The second-order valence-electron chi connectivity index (χ2n) is 5.35. The van der Waals surface area contributed by atoms with Crippen molar-refractivity contribution in [2.75, 3.05) is 13.1 Å². The summed E-state index contributed by atoms with van der Waals surface area (Å²) < 4.78 is 0.983. The number of rotatable bonds is 4. The number of carboxylic acid groups (broad SMARTS) is 1. The highest BCUT2D eigenvalue weighted by Crippen LogP contribution is 2.23. The fourth-order valence-corrected chi connectivity index (χ4v) is 2.89. The minimum atomic E-state index is -1.68. The third-order valence-corrected chi connectivity index (χ3v) is 4.35. The number of benzene rings is 1. The van der Waals surface area contributed by atoms with Gasteiger partial charge in [-0.05, 0) is 24.1 Å². The van der Waals surface area contributed by atoms with E-state index < -0.39 is 11.6 Å². The predicted octanol–water partition coefficient (Wildman–Crippen LogP) is 1.82. The van der Waals surface area contributed by atoms with Crippen LogP contribution in [-0.2, 0) is 16.0 Å². The average molecular weight is 356 g/mol. The SMILES string of the molecule is O=C(CCc1cccc(Br)c1)N1CCC(O)(C(=O)O)CC1. The summed E-state index contributed by atoms with van der Waals surface area (Å²) in [6.45, 7) is 0.584. The Labute approximate surface area is 131 Å². The number of halogens is 1. The molecule has 1 aromatic carbocycles. The number of likely N-dealkylation sites (tertiary alicyclic amines) is 1. The standard InChI is InChI=1S/C15H18BrNO4/c16-12-3-1-2-11(10-12)4-5-13(18)17-8-6-15(21,7-9-17)14(19)20/h1-3,10,21H,4-9H2,(H,19,20). The van der Waals surface area contributed by atoms with Crippen molar-refractivity contribution in [3.05, 3.63) is 34.3 Å². The van der Waals surface area contributed by atoms with Gasteiger partial charge >= 0.3 is 5.97 Å². The Hall–Kier alpha value is -1.40. The summed E-state index contributed by atoms with van der Waals surface area (Å²) in [5.74, 6) is -1.20. The van der Waals surface area contributed by atoms with Crippen molar-refractivity contribution in [3.63, 3.8) is 0 Å². The Morgan fingerprint density at radius 1 is 1.29 bits per heavy atom. The number of hydrogen-bond donors (Lipinski definition) is 2. The zero-order valence-electron chi connectivity index (χ0n) is 11.6. The minimum Gasteiger partial charge on any atom is -0.479 e. The molecule has 114 valence electrons. The molecule has 1 saturated heterocycles. The van der Waals surface area contributed by atoms with Gasteiger partial charge in [0.2, 0.25) is 5.91 Å². The minimum absolute atomic E-state index is 0.00224. The number of carboxylic acids is 1. The lowest BCUT2D eigenvalue weighted by Crippen LogP contribution is -2.50. The van der Waals surface area contributed by atoms with Crippen LogP contribution >= 0.6 is 15.9 Å². The van der Waals surface area contributed by atoms with Crippen molar-refractivity contribution in [3.8, 4) is 0 Å². The molecule has 1 heterocycles. The zero-order valence-corrected chi connectivity index (χ0v) is 13.2. The molecule has 1 aliphatic heterocycles. The summed E-state index contributed by atoms with van der Waals surface area (Å²) in [6.07, 6.45) is 1.22. The number of hydrogen-bond acceptors (Lipinski definition) is 3. The van der Waals surface area contributed by atoms with Gasteiger partial charge in [-0.2, -0.15) is 0 Å². The Morgan fingerprint density at radius 2 is 1.95 bits per heavy atom. The van der Waals surface area contributed by atoms with Gasteiger partial charge in [-0.15, -0.1) is 0 Å². The maximum atomic E-state index is 12.1. The van der Waals surface area contributed by atoms with Gasteiger partial charge in [0.1, 0.15) is 0 Å². The number of carbonyl (C=O) groups excluding carboxylic acids is 1. The molecule has 1 aliphatic rings. The molecule has 0 aliphatic carbocycles. The van der Waals surface area contributed by atoms with Crippen LogP contribution in [0, 0.1) is 0 Å². The predicted molar refractivity (Wildman–Crippen MR) is 80.9 cm³/mol. The molecule has 0 atom stereocenters. The molecule has 0 radical (unpaired) electrons. The average Bonchev–Trinajstić information content (AvgIpc) is 2.45. The van der Waals surface area contributed by atoms with Crippen molar-refractivity contribution in [1.82, 2.24) is 4.90 Å². The molecular formula is C15H18BrNO4. The summed E-state index contributed by atoms with van der Waals surface area (Å²) in [5.41, 5.74) is -0.599. The first kappa shape index (κ1) is 16.0. The van der Waals surface area contributed by atoms with Gasteiger partial charge in [0.15, 0.2) is 5.60 Å². The van der Waals surface area contributed by atoms with Crippen molar-refractivity contribution >= 4 is 27.8 Å². The molecule has 1 amide bonds. The summed E-state index contributed by atoms with van der Waals surface area (Å²) in [6, 6.07) is 7.81. The van der Waals surface area contributed by atoms with Gasteiger partial charge in [-0.1, -0.05) is 28.1 Å². The highest BCUT2D eigenvalue weighted by Gasteiger charge is 2.40. The first-order chi connectivity index (χ1) is 9.90. The first-order valence-electron chi connectivity index (χ1n) is 6.89. The molecule has 2 N–H and O–H groups in total. The smallest absolute Gasteiger partial charge is 0.335 e. The third-order valence-electron chi connectivity index (χ3n) is 3.86. The van der Waals surface area contributed by atoms with Crippen molar-refractivity contribution in [1.29, 1.82) is 0 Å². The summed E-state index contributed by atoms with van der Waals surface area (Å²) >= 11 is 3.39. The van der Waals surface area contributed by atoms with E-state index in [-0.39, 0.29) is 18.7 Å². The van der Waals surface area contributed by atoms with Crippen molar-refractivity contribution < 1.29 is 19.8 Å². The van der Waals surface area contributed by atoms with Crippen LogP contribution in [0.2, 0.25) is 0 Å². The molecular weight excluding hydrogens is 338 g/mol. The lowest BCUT2D eigenvalue weighted by Gasteiger charge is -2.35. The van der Waals surface area contributed by atoms with Crippen LogP contribution in [0.3, 0.4) is 0 Å². The van der Waals surface area contributed by atoms with Gasteiger partial charge in [-0.25, -0.2) is 4.79 Å². The molecule has 0 saturated carbocycles. The largest absolute Gasteiger partial charge is 0.479 e. The number of aliphatic carboxylic acids is 1. The number of nitrogens with zero attached hydrogens (tertiary/aromatic N) is 1. The fraction of sp³-hybridized carbons (Fsp3) is 0.467. The molecule has 2 rings (SSSR count). The van der Waals surface area contributed by atoms with Gasteiger partial charge in [0, 0.05) is 36.8 Å². The Balaban J connectivity index is 1.84. The highest BCUT2D eigenvalue weighted by atomic mass is 79.9. The van der Waals surface area contributed by atoms with Crippen LogP contribution in [0.5, 0.6) is 0 Å². The van der Waals surface area contributed by atoms with E-state index in [0.717, 1.165) is 10.0 Å². The molecule has 0 aromatic heterocycles. The molecule has 1 aromatic rings. The second-order valence-corrected chi connectivity index (χ2v) is 6.26. The van der Waals surface area contributed by atoms with E-state index in [1.165, 1.54) is 0 Å². The number of piperidine rings is 1. The van der Waals surface area contributed by atoms with Crippen molar-refractivity contribution in [2.24, 2.45) is 0 Å². The zero-order chi connectivity index (χ0) is 15.5. The van der Waals surface area contributed by atoms with E-state index in [0.29, 0.717) is 25.9 Å². The second kappa shape index (κ2) is 6.58. The quantitative estimate of drug-likeness (QED) is 0.863. The van der Waals surface area contributed by atoms with Crippen LogP contribution in [0.1, 0.15) is 24.8 Å². The van der Waals surface area contributed by atoms with Crippen LogP contribution in [0.15, 0.2) is 28.7 Å².